The van der Waals surface area contributed by atoms with Gasteiger partial charge >= 0.3 is 0 Å². The first-order valence-corrected chi connectivity index (χ1v) is 4.40. The van der Waals surface area contributed by atoms with Crippen LogP contribution in [0.4, 0.5) is 0 Å². The zero-order valence-corrected chi connectivity index (χ0v) is 8.86. The van der Waals surface area contributed by atoms with Gasteiger partial charge in [0.1, 0.15) is 11.6 Å². The Balaban J connectivity index is 3.21. The maximum atomic E-state index is 11.4. The lowest BCUT2D eigenvalue weighted by Crippen LogP contribution is -2.27. The molecule has 1 aromatic rings. The van der Waals surface area contributed by atoms with Crippen molar-refractivity contribution < 1.29 is 4.79 Å². The Labute approximate surface area is 78.6 Å². The highest BCUT2D eigenvalue weighted by Crippen LogP contribution is 2.25. The number of aromatic amines is 1. The number of nitrogens with one attached hydrogen (secondary N) is 1. The monoisotopic (exact) mass is 180 g/mol. The van der Waals surface area contributed by atoms with E-state index >= 15 is 0 Å². The summed E-state index contributed by atoms with van der Waals surface area (Å²) in [5.74, 6) is 1.00. The van der Waals surface area contributed by atoms with E-state index in [0.717, 1.165) is 17.2 Å². The van der Waals surface area contributed by atoms with E-state index in [1.165, 1.54) is 0 Å². The molecule has 1 aromatic heterocycles. The maximum Gasteiger partial charge on any atom is 0.141 e. The van der Waals surface area contributed by atoms with Gasteiger partial charge in [-0.2, -0.15) is 0 Å². The van der Waals surface area contributed by atoms with E-state index in [4.69, 9.17) is 0 Å². The van der Waals surface area contributed by atoms with Crippen LogP contribution in [0.25, 0.3) is 0 Å². The average molecular weight is 180 g/mol. The third-order valence-electron chi connectivity index (χ3n) is 2.48. The fourth-order valence-corrected chi connectivity index (χ4v) is 1.39. The third kappa shape index (κ3) is 1.64. The quantitative estimate of drug-likeness (QED) is 0.755. The van der Waals surface area contributed by atoms with Crippen LogP contribution in [0.3, 0.4) is 0 Å². The molecule has 0 aliphatic carbocycles. The molecule has 0 spiro atoms. The first-order valence-electron chi connectivity index (χ1n) is 4.40. The van der Waals surface area contributed by atoms with Crippen LogP contribution in [0.1, 0.15) is 38.0 Å². The van der Waals surface area contributed by atoms with Crippen LogP contribution in [0, 0.1) is 13.8 Å². The summed E-state index contributed by atoms with van der Waals surface area (Å²) in [4.78, 5) is 18.8. The van der Waals surface area contributed by atoms with Crippen LogP contribution < -0.4 is 0 Å². The summed E-state index contributed by atoms with van der Waals surface area (Å²) in [5.41, 5.74) is 1.37. The van der Waals surface area contributed by atoms with Crippen LogP contribution in [0.2, 0.25) is 0 Å². The first kappa shape index (κ1) is 9.96. The number of aryl methyl sites for hydroxylation is 2. The zero-order chi connectivity index (χ0) is 10.2. The summed E-state index contributed by atoms with van der Waals surface area (Å²) in [5, 5.41) is 0. The van der Waals surface area contributed by atoms with E-state index < -0.39 is 5.41 Å². The molecule has 0 aliphatic rings. The van der Waals surface area contributed by atoms with Crippen molar-refractivity contribution >= 4 is 5.78 Å². The number of H-pyrrole nitrogens is 1. The molecule has 13 heavy (non-hydrogen) atoms. The fraction of sp³-hybridized carbons (Fsp3) is 0.600. The molecular formula is C10H16N2O. The predicted octanol–water partition coefficient (Wildman–Crippen LogP) is 1.89. The van der Waals surface area contributed by atoms with Gasteiger partial charge in [0.05, 0.1) is 11.1 Å². The molecule has 72 valence electrons. The molecule has 0 unspecified atom stereocenters. The van der Waals surface area contributed by atoms with Crippen LogP contribution in [0.15, 0.2) is 0 Å². The first-order chi connectivity index (χ1) is 5.85. The van der Waals surface area contributed by atoms with Crippen LogP contribution >= 0.6 is 0 Å². The number of imidazole rings is 1. The molecule has 3 heteroatoms. The lowest BCUT2D eigenvalue weighted by Gasteiger charge is -2.19. The van der Waals surface area contributed by atoms with Crippen molar-refractivity contribution in [2.75, 3.05) is 0 Å². The van der Waals surface area contributed by atoms with Gasteiger partial charge in [-0.1, -0.05) is 0 Å². The minimum absolute atomic E-state index is 0.141. The number of ketones is 1. The van der Waals surface area contributed by atoms with Gasteiger partial charge in [-0.3, -0.25) is 4.79 Å². The molecule has 1 rings (SSSR count). The molecular weight excluding hydrogens is 164 g/mol. The van der Waals surface area contributed by atoms with E-state index in [2.05, 4.69) is 9.97 Å². The number of hydrogen-bond donors (Lipinski definition) is 1. The van der Waals surface area contributed by atoms with Gasteiger partial charge < -0.3 is 4.98 Å². The van der Waals surface area contributed by atoms with E-state index in [0.29, 0.717) is 0 Å². The molecule has 0 aromatic carbocycles. The number of aromatic nitrogens is 2. The largest absolute Gasteiger partial charge is 0.346 e. The Hall–Kier alpha value is -1.12. The third-order valence-corrected chi connectivity index (χ3v) is 2.48. The lowest BCUT2D eigenvalue weighted by molar-refractivity contribution is -0.121. The Morgan fingerprint density at radius 1 is 1.38 bits per heavy atom. The summed E-state index contributed by atoms with van der Waals surface area (Å²) < 4.78 is 0. The van der Waals surface area contributed by atoms with Crippen LogP contribution in [-0.4, -0.2) is 15.8 Å². The summed E-state index contributed by atoms with van der Waals surface area (Å²) in [6, 6.07) is 0. The predicted molar refractivity (Wildman–Crippen MR) is 51.8 cm³/mol. The minimum Gasteiger partial charge on any atom is -0.346 e. The Morgan fingerprint density at radius 3 is 2.23 bits per heavy atom. The molecule has 0 bridgehead atoms. The van der Waals surface area contributed by atoms with Gasteiger partial charge in [0.25, 0.3) is 0 Å². The highest BCUT2D eigenvalue weighted by Gasteiger charge is 2.30. The smallest absolute Gasteiger partial charge is 0.141 e. The average Bonchev–Trinajstić information content (AvgIpc) is 2.30. The van der Waals surface area contributed by atoms with Crippen molar-refractivity contribution in [3.05, 3.63) is 17.2 Å². The van der Waals surface area contributed by atoms with Gasteiger partial charge in [-0.25, -0.2) is 4.98 Å². The number of carbonyl (C=O) groups is 1. The van der Waals surface area contributed by atoms with Crippen molar-refractivity contribution in [2.45, 2.75) is 40.0 Å². The maximum absolute atomic E-state index is 11.4. The zero-order valence-electron chi connectivity index (χ0n) is 8.86. The minimum atomic E-state index is -0.477. The summed E-state index contributed by atoms with van der Waals surface area (Å²) in [7, 11) is 0. The van der Waals surface area contributed by atoms with Crippen molar-refractivity contribution in [3.8, 4) is 0 Å². The standard InChI is InChI=1S/C10H16N2O/c1-6-9(12-8(3)11-6)10(4,5)7(2)13/h1-5H3,(H,11,12). The van der Waals surface area contributed by atoms with Crippen molar-refractivity contribution in [2.24, 2.45) is 0 Å². The van der Waals surface area contributed by atoms with Gasteiger partial charge in [-0.05, 0) is 34.6 Å². The molecule has 0 amide bonds. The van der Waals surface area contributed by atoms with Gasteiger partial charge in [0.15, 0.2) is 0 Å². The number of carbonyl (C=O) groups excluding carboxylic acids is 1. The normalized spacial score (nSPS) is 11.8. The summed E-state index contributed by atoms with van der Waals surface area (Å²) in [6.45, 7) is 9.24. The topological polar surface area (TPSA) is 45.8 Å². The number of Topliss-reactive ketones (excluding diaryl/α,β-unsaturated/α-hetero) is 1. The molecule has 0 radical (unpaired) electrons. The van der Waals surface area contributed by atoms with E-state index in [9.17, 15) is 4.79 Å². The molecule has 0 atom stereocenters. The second-order valence-corrected chi connectivity index (χ2v) is 3.98. The molecule has 1 N–H and O–H groups in total. The van der Waals surface area contributed by atoms with Crippen molar-refractivity contribution in [1.29, 1.82) is 0 Å². The second kappa shape index (κ2) is 2.98. The van der Waals surface area contributed by atoms with Crippen molar-refractivity contribution in [3.63, 3.8) is 0 Å². The fourth-order valence-electron chi connectivity index (χ4n) is 1.39. The Bertz CT molecular complexity index is 337. The Kier molecular flexibility index (Phi) is 2.28. The lowest BCUT2D eigenvalue weighted by atomic mass is 9.84. The summed E-state index contributed by atoms with van der Waals surface area (Å²) >= 11 is 0. The molecule has 1 heterocycles. The number of rotatable bonds is 2. The SMILES string of the molecule is CC(=O)C(C)(C)c1nc(C)[nH]c1C. The van der Waals surface area contributed by atoms with Crippen LogP contribution in [0.5, 0.6) is 0 Å². The van der Waals surface area contributed by atoms with Gasteiger partial charge in [-0.15, -0.1) is 0 Å². The molecule has 0 saturated heterocycles. The highest BCUT2D eigenvalue weighted by atomic mass is 16.1. The van der Waals surface area contributed by atoms with Crippen molar-refractivity contribution in [1.82, 2.24) is 9.97 Å². The number of nitrogens with zero attached hydrogens (tertiary/aromatic N) is 1. The van der Waals surface area contributed by atoms with Crippen LogP contribution in [-0.2, 0) is 10.2 Å². The van der Waals surface area contributed by atoms with Gasteiger partial charge in [0.2, 0.25) is 0 Å². The molecule has 0 saturated carbocycles. The summed E-state index contributed by atoms with van der Waals surface area (Å²) in [6.07, 6.45) is 0. The van der Waals surface area contributed by atoms with E-state index in [-0.39, 0.29) is 5.78 Å². The van der Waals surface area contributed by atoms with E-state index in [1.54, 1.807) is 6.92 Å². The molecule has 0 fully saturated rings. The number of hydrogen-bond acceptors (Lipinski definition) is 2. The highest BCUT2D eigenvalue weighted by molar-refractivity contribution is 5.86. The molecule has 3 nitrogen and oxygen atoms in total. The second-order valence-electron chi connectivity index (χ2n) is 3.98. The Morgan fingerprint density at radius 2 is 1.92 bits per heavy atom. The van der Waals surface area contributed by atoms with Gasteiger partial charge in [0, 0.05) is 5.69 Å². The molecule has 0 aliphatic heterocycles. The van der Waals surface area contributed by atoms with E-state index in [1.807, 2.05) is 27.7 Å².